The second-order valence-corrected chi connectivity index (χ2v) is 42.5. The molecule has 1 heterocycles. The minimum absolute atomic E-state index is 0.222. The average Bonchev–Trinajstić information content (AvgIpc) is 3.31. The van der Waals surface area contributed by atoms with Crippen molar-refractivity contribution >= 4 is 55.8 Å². The number of methoxy groups -OCH3 is 2. The van der Waals surface area contributed by atoms with Crippen LogP contribution in [0.3, 0.4) is 0 Å². The monoisotopic (exact) mass is 1040 g/mol. The number of hydrogen-bond acceptors (Lipinski definition) is 6. The van der Waals surface area contributed by atoms with Crippen molar-refractivity contribution in [3.8, 4) is 0 Å². The molecule has 1 fully saturated rings. The molecule has 0 radical (unpaired) electrons. The van der Waals surface area contributed by atoms with Gasteiger partial charge in [0.25, 0.3) is 0 Å². The summed E-state index contributed by atoms with van der Waals surface area (Å²) in [6, 6.07) is 43.7. The second kappa shape index (κ2) is 24.9. The van der Waals surface area contributed by atoms with Gasteiger partial charge in [-0.15, -0.1) is 0 Å². The van der Waals surface area contributed by atoms with Crippen LogP contribution in [0.2, 0.25) is 23.4 Å². The van der Waals surface area contributed by atoms with Crippen molar-refractivity contribution in [3.63, 3.8) is 0 Å². The maximum atomic E-state index is 8.11. The molecule has 7 atom stereocenters. The van der Waals surface area contributed by atoms with Gasteiger partial charge >= 0.3 is 374 Å². The van der Waals surface area contributed by atoms with Crippen LogP contribution in [0.5, 0.6) is 0 Å². The van der Waals surface area contributed by atoms with Gasteiger partial charge in [-0.25, -0.2) is 0 Å². The Morgan fingerprint density at radius 1 is 0.576 bits per heavy atom. The Morgan fingerprint density at radius 3 is 1.30 bits per heavy atom. The summed E-state index contributed by atoms with van der Waals surface area (Å²) >= 11 is -2.84. The first-order valence-corrected chi connectivity index (χ1v) is 36.7. The van der Waals surface area contributed by atoms with E-state index in [4.69, 9.17) is 27.8 Å². The summed E-state index contributed by atoms with van der Waals surface area (Å²) in [6.45, 7) is 25.3. The molecule has 0 aliphatic carbocycles. The van der Waals surface area contributed by atoms with E-state index in [0.717, 1.165) is 0 Å². The SMILES string of the molecule is CCC[CH2][Sn](/[CH]=C/[C@H](O[Si](c1ccccc1)(c1ccccc1)C(C)(C)C)[C@H](C)O[C@@H]1O[C@H](C)[C@H](OC)[C@H](O[Si](c2ccccc2)(c2ccccc2)C(C)(C)C)[C@H]1OC)([CH2]CCC)[CH2]CCC. The molecule has 66 heavy (non-hydrogen) atoms. The molecule has 1 aliphatic heterocycles. The zero-order chi connectivity index (χ0) is 48.0. The Morgan fingerprint density at radius 2 is 0.955 bits per heavy atom. The summed E-state index contributed by atoms with van der Waals surface area (Å²) in [7, 11) is -2.58. The number of ether oxygens (including phenoxy) is 4. The van der Waals surface area contributed by atoms with Crippen molar-refractivity contribution in [1.29, 1.82) is 0 Å². The first-order chi connectivity index (χ1) is 31.6. The number of benzene rings is 4. The van der Waals surface area contributed by atoms with Gasteiger partial charge in [0.2, 0.25) is 0 Å². The molecule has 0 unspecified atom stereocenters. The molecule has 0 N–H and O–H groups in total. The molecule has 0 bridgehead atoms. The summed E-state index contributed by atoms with van der Waals surface area (Å²) in [4.78, 5) is 0. The van der Waals surface area contributed by atoms with Crippen LogP contribution >= 0.6 is 0 Å². The van der Waals surface area contributed by atoms with Crippen LogP contribution in [-0.2, 0) is 27.8 Å². The van der Waals surface area contributed by atoms with E-state index in [0.29, 0.717) is 0 Å². The van der Waals surface area contributed by atoms with Crippen molar-refractivity contribution in [1.82, 2.24) is 0 Å². The molecule has 9 heteroatoms. The first-order valence-electron chi connectivity index (χ1n) is 25.2. The molecule has 362 valence electrons. The van der Waals surface area contributed by atoms with Crippen LogP contribution in [-0.4, -0.2) is 92.1 Å². The van der Waals surface area contributed by atoms with Crippen molar-refractivity contribution in [2.75, 3.05) is 14.2 Å². The molecule has 0 amide bonds. The van der Waals surface area contributed by atoms with E-state index in [-0.39, 0.29) is 22.3 Å². The van der Waals surface area contributed by atoms with Gasteiger partial charge in [-0.3, -0.25) is 0 Å². The number of hydrogen-bond donors (Lipinski definition) is 0. The van der Waals surface area contributed by atoms with Crippen LogP contribution in [0.15, 0.2) is 131 Å². The van der Waals surface area contributed by atoms with Crippen molar-refractivity contribution in [3.05, 3.63) is 131 Å². The Balaban J connectivity index is 1.67. The van der Waals surface area contributed by atoms with E-state index < -0.39 is 65.7 Å². The zero-order valence-corrected chi connectivity index (χ0v) is 47.9. The predicted molar refractivity (Wildman–Crippen MR) is 286 cm³/mol. The fourth-order valence-electron chi connectivity index (χ4n) is 10.7. The summed E-state index contributed by atoms with van der Waals surface area (Å²) < 4.78 is 50.2. The van der Waals surface area contributed by atoms with E-state index in [1.807, 2.05) is 0 Å². The van der Waals surface area contributed by atoms with Gasteiger partial charge < -0.3 is 0 Å². The standard InChI is InChI=1S/C45H59O6Si2.3C4H9.Sn/c1-12-39(50-52(44(4,5)6,35-25-17-13-18-26-35)36-27-19-14-20-28-36)33(2)48-43-42(47-11)41(40(46-10)34(3)49-43)51-53(45(7,8)9,37-29-21-15-22-30-37)38-31-23-16-24-32-38;3*1-3-4-2;/h1,12-34,39-43H,2-11H3;3*1,3-4H2,2H3;/t33-,34+,39-,40-,41-,42+,43+;;;;/m0..../s1. The van der Waals surface area contributed by atoms with Gasteiger partial charge in [-0.2, -0.15) is 0 Å². The first kappa shape index (κ1) is 54.6. The third-order valence-corrected chi connectivity index (χ3v) is 38.4. The predicted octanol–water partition coefficient (Wildman–Crippen LogP) is 12.0. The molecule has 1 aliphatic rings. The summed E-state index contributed by atoms with van der Waals surface area (Å²) in [5, 5.41) is 4.43. The summed E-state index contributed by atoms with van der Waals surface area (Å²) in [5.41, 5.74) is 0. The Bertz CT molecular complexity index is 1900. The normalized spacial score (nSPS) is 21.0. The van der Waals surface area contributed by atoms with Crippen LogP contribution in [0.1, 0.15) is 115 Å². The molecule has 4 aromatic rings. The van der Waals surface area contributed by atoms with Gasteiger partial charge in [0, 0.05) is 0 Å². The summed E-state index contributed by atoms with van der Waals surface area (Å²) in [6.07, 6.45) is 6.60. The maximum absolute atomic E-state index is 8.11. The molecule has 0 spiro atoms. The quantitative estimate of drug-likeness (QED) is 0.0652. The summed E-state index contributed by atoms with van der Waals surface area (Å²) in [5.74, 6) is 0. The average molecular weight is 1040 g/mol. The molecule has 1 saturated heterocycles. The molecule has 6 nitrogen and oxygen atoms in total. The van der Waals surface area contributed by atoms with Gasteiger partial charge in [0.15, 0.2) is 0 Å². The van der Waals surface area contributed by atoms with Crippen LogP contribution in [0.4, 0.5) is 0 Å². The van der Waals surface area contributed by atoms with Gasteiger partial charge in [0.1, 0.15) is 0 Å². The minimum atomic E-state index is -3.06. The second-order valence-electron chi connectivity index (χ2n) is 21.0. The third kappa shape index (κ3) is 12.5. The molecular weight excluding hydrogens is 956 g/mol. The van der Waals surface area contributed by atoms with E-state index in [2.05, 4.69) is 208 Å². The van der Waals surface area contributed by atoms with Crippen molar-refractivity contribution < 1.29 is 27.8 Å². The van der Waals surface area contributed by atoms with Gasteiger partial charge in [-0.1, -0.05) is 36.4 Å². The van der Waals surface area contributed by atoms with Crippen LogP contribution in [0, 0.1) is 0 Å². The molecule has 0 aromatic heterocycles. The molecule has 4 aromatic carbocycles. The molecule has 0 saturated carbocycles. The zero-order valence-electron chi connectivity index (χ0n) is 43.1. The van der Waals surface area contributed by atoms with E-state index in [9.17, 15) is 0 Å². The fraction of sp³-hybridized carbons (Fsp3) is 0.544. The topological polar surface area (TPSA) is 55.4 Å². The van der Waals surface area contributed by atoms with E-state index >= 15 is 0 Å². The molecular formula is C57H86O6Si2Sn. The van der Waals surface area contributed by atoms with Gasteiger partial charge in [0.05, 0.1) is 0 Å². The van der Waals surface area contributed by atoms with Crippen molar-refractivity contribution in [2.45, 2.75) is 181 Å². The fourth-order valence-corrected chi connectivity index (χ4v) is 34.4. The third-order valence-electron chi connectivity index (χ3n) is 14.3. The Hall–Kier alpha value is -2.39. The van der Waals surface area contributed by atoms with Gasteiger partial charge in [-0.05, 0) is 0 Å². The Labute approximate surface area is 407 Å². The number of unbranched alkanes of at least 4 members (excludes halogenated alkanes) is 3. The Kier molecular flexibility index (Phi) is 20.6. The van der Waals surface area contributed by atoms with Crippen molar-refractivity contribution in [2.24, 2.45) is 0 Å². The molecule has 5 rings (SSSR count). The van der Waals surface area contributed by atoms with E-state index in [1.165, 1.54) is 72.6 Å². The van der Waals surface area contributed by atoms with E-state index in [1.54, 1.807) is 14.2 Å². The van der Waals surface area contributed by atoms with Crippen LogP contribution < -0.4 is 20.7 Å². The van der Waals surface area contributed by atoms with Crippen LogP contribution in [0.25, 0.3) is 0 Å². The number of rotatable bonds is 24.